The number of furan rings is 1. The highest BCUT2D eigenvalue weighted by Crippen LogP contribution is 2.04. The van der Waals surface area contributed by atoms with Gasteiger partial charge < -0.3 is 4.42 Å². The predicted octanol–water partition coefficient (Wildman–Crippen LogP) is 2.68. The van der Waals surface area contributed by atoms with Crippen LogP contribution in [0.4, 0.5) is 0 Å². The second-order valence-corrected chi connectivity index (χ2v) is 3.25. The van der Waals surface area contributed by atoms with Gasteiger partial charge in [0.05, 0.1) is 12.8 Å². The van der Waals surface area contributed by atoms with Crippen LogP contribution in [0, 0.1) is 0 Å². The molecule has 0 N–H and O–H groups in total. The Morgan fingerprint density at radius 1 is 1.62 bits per heavy atom. The molecule has 0 radical (unpaired) electrons. The molecule has 2 nitrogen and oxygen atoms in total. The van der Waals surface area contributed by atoms with Crippen LogP contribution in [0.2, 0.25) is 0 Å². The molecule has 0 aromatic carbocycles. The Labute approximate surface area is 79.9 Å². The van der Waals surface area contributed by atoms with Crippen LogP contribution >= 0.6 is 0 Å². The van der Waals surface area contributed by atoms with Crippen molar-refractivity contribution in [2.75, 3.05) is 13.6 Å². The number of hydrogen-bond acceptors (Lipinski definition) is 2. The molecule has 0 unspecified atom stereocenters. The number of unbranched alkanes of at least 4 members (excludes halogenated alkanes) is 1. The molecule has 0 amide bonds. The van der Waals surface area contributed by atoms with Crippen LogP contribution in [0.1, 0.15) is 18.6 Å². The Balaban J connectivity index is 2.17. The van der Waals surface area contributed by atoms with Crippen LogP contribution in [0.5, 0.6) is 0 Å². The van der Waals surface area contributed by atoms with Crippen LogP contribution in [0.25, 0.3) is 0 Å². The first kappa shape index (κ1) is 10.1. The second kappa shape index (κ2) is 5.60. The molecule has 13 heavy (non-hydrogen) atoms. The minimum Gasteiger partial charge on any atom is -0.468 e. The van der Waals surface area contributed by atoms with E-state index in [1.807, 2.05) is 18.2 Å². The lowest BCUT2D eigenvalue weighted by atomic mass is 10.3. The molecular weight excluding hydrogens is 162 g/mol. The first-order valence-electron chi connectivity index (χ1n) is 4.64. The molecule has 1 rings (SSSR count). The van der Waals surface area contributed by atoms with Crippen LogP contribution in [0.15, 0.2) is 35.5 Å². The Kier molecular flexibility index (Phi) is 4.33. The summed E-state index contributed by atoms with van der Waals surface area (Å²) in [6.07, 6.45) is 5.93. The fourth-order valence-electron chi connectivity index (χ4n) is 1.25. The van der Waals surface area contributed by atoms with E-state index in [-0.39, 0.29) is 0 Å². The molecule has 0 fully saturated rings. The summed E-state index contributed by atoms with van der Waals surface area (Å²) in [6, 6.07) is 3.93. The fraction of sp³-hybridized carbons (Fsp3) is 0.455. The molecule has 0 bridgehead atoms. The summed E-state index contributed by atoms with van der Waals surface area (Å²) in [4.78, 5) is 2.25. The van der Waals surface area contributed by atoms with Gasteiger partial charge in [-0.05, 0) is 38.6 Å². The van der Waals surface area contributed by atoms with Crippen molar-refractivity contribution >= 4 is 0 Å². The highest BCUT2D eigenvalue weighted by atomic mass is 16.3. The SMILES string of the molecule is C=CCCCN(C)Cc1ccco1. The lowest BCUT2D eigenvalue weighted by Gasteiger charge is -2.13. The van der Waals surface area contributed by atoms with Gasteiger partial charge in [0.1, 0.15) is 5.76 Å². The number of allylic oxidation sites excluding steroid dienone is 1. The largest absolute Gasteiger partial charge is 0.468 e. The highest BCUT2D eigenvalue weighted by Gasteiger charge is 2.00. The third kappa shape index (κ3) is 3.95. The summed E-state index contributed by atoms with van der Waals surface area (Å²) >= 11 is 0. The van der Waals surface area contributed by atoms with Gasteiger partial charge in [-0.2, -0.15) is 0 Å². The number of rotatable bonds is 6. The van der Waals surface area contributed by atoms with E-state index in [9.17, 15) is 0 Å². The van der Waals surface area contributed by atoms with Crippen molar-refractivity contribution in [3.63, 3.8) is 0 Å². The molecule has 0 aliphatic carbocycles. The maximum absolute atomic E-state index is 5.25. The molecule has 1 heterocycles. The standard InChI is InChI=1S/C11H17NO/c1-3-4-5-8-12(2)10-11-7-6-9-13-11/h3,6-7,9H,1,4-5,8,10H2,2H3. The lowest BCUT2D eigenvalue weighted by Crippen LogP contribution is -2.18. The van der Waals surface area contributed by atoms with Crippen molar-refractivity contribution in [3.8, 4) is 0 Å². The van der Waals surface area contributed by atoms with Gasteiger partial charge >= 0.3 is 0 Å². The summed E-state index contributed by atoms with van der Waals surface area (Å²) in [7, 11) is 2.10. The van der Waals surface area contributed by atoms with Gasteiger partial charge in [-0.1, -0.05) is 6.08 Å². The van der Waals surface area contributed by atoms with Gasteiger partial charge in [-0.15, -0.1) is 6.58 Å². The van der Waals surface area contributed by atoms with Crippen molar-refractivity contribution in [1.82, 2.24) is 4.90 Å². The van der Waals surface area contributed by atoms with E-state index in [1.54, 1.807) is 6.26 Å². The molecule has 0 saturated carbocycles. The Morgan fingerprint density at radius 2 is 2.46 bits per heavy atom. The van der Waals surface area contributed by atoms with Crippen LogP contribution in [0.3, 0.4) is 0 Å². The molecule has 2 heteroatoms. The zero-order valence-electron chi connectivity index (χ0n) is 8.20. The summed E-state index contributed by atoms with van der Waals surface area (Å²) in [5.74, 6) is 1.03. The topological polar surface area (TPSA) is 16.4 Å². The maximum atomic E-state index is 5.25. The molecule has 1 aromatic rings. The third-order valence-corrected chi connectivity index (χ3v) is 1.95. The Morgan fingerprint density at radius 3 is 3.08 bits per heavy atom. The van der Waals surface area contributed by atoms with E-state index >= 15 is 0 Å². The minimum atomic E-state index is 0.893. The highest BCUT2D eigenvalue weighted by molar-refractivity contribution is 4.97. The Hall–Kier alpha value is -1.02. The average Bonchev–Trinajstić information content (AvgIpc) is 2.57. The summed E-state index contributed by atoms with van der Waals surface area (Å²) in [5.41, 5.74) is 0. The normalized spacial score (nSPS) is 10.6. The molecule has 72 valence electrons. The van der Waals surface area contributed by atoms with Gasteiger partial charge in [0.15, 0.2) is 0 Å². The summed E-state index contributed by atoms with van der Waals surface area (Å²) < 4.78 is 5.25. The quantitative estimate of drug-likeness (QED) is 0.493. The first-order chi connectivity index (χ1) is 6.33. The number of hydrogen-bond donors (Lipinski definition) is 0. The second-order valence-electron chi connectivity index (χ2n) is 3.25. The van der Waals surface area contributed by atoms with E-state index < -0.39 is 0 Å². The van der Waals surface area contributed by atoms with Gasteiger partial charge in [0, 0.05) is 0 Å². The minimum absolute atomic E-state index is 0.893. The van der Waals surface area contributed by atoms with E-state index in [1.165, 1.54) is 6.42 Å². The molecular formula is C11H17NO. The monoisotopic (exact) mass is 179 g/mol. The number of nitrogens with zero attached hydrogens (tertiary/aromatic N) is 1. The third-order valence-electron chi connectivity index (χ3n) is 1.95. The van der Waals surface area contributed by atoms with Crippen LogP contribution in [-0.2, 0) is 6.54 Å². The lowest BCUT2D eigenvalue weighted by molar-refractivity contribution is 0.292. The van der Waals surface area contributed by atoms with E-state index in [0.29, 0.717) is 0 Å². The molecule has 0 atom stereocenters. The van der Waals surface area contributed by atoms with Gasteiger partial charge in [-0.25, -0.2) is 0 Å². The Bertz CT molecular complexity index is 228. The van der Waals surface area contributed by atoms with Gasteiger partial charge in [0.2, 0.25) is 0 Å². The first-order valence-corrected chi connectivity index (χ1v) is 4.64. The maximum Gasteiger partial charge on any atom is 0.117 e. The van der Waals surface area contributed by atoms with Crippen molar-refractivity contribution in [2.45, 2.75) is 19.4 Å². The van der Waals surface area contributed by atoms with Gasteiger partial charge in [-0.3, -0.25) is 4.90 Å². The average molecular weight is 179 g/mol. The van der Waals surface area contributed by atoms with Crippen molar-refractivity contribution in [3.05, 3.63) is 36.8 Å². The van der Waals surface area contributed by atoms with E-state index in [0.717, 1.165) is 25.3 Å². The fourth-order valence-corrected chi connectivity index (χ4v) is 1.25. The molecule has 0 aliphatic rings. The molecule has 0 saturated heterocycles. The van der Waals surface area contributed by atoms with Crippen LogP contribution in [-0.4, -0.2) is 18.5 Å². The zero-order chi connectivity index (χ0) is 9.52. The van der Waals surface area contributed by atoms with Crippen molar-refractivity contribution < 1.29 is 4.42 Å². The van der Waals surface area contributed by atoms with Gasteiger partial charge in [0.25, 0.3) is 0 Å². The summed E-state index contributed by atoms with van der Waals surface area (Å²) in [6.45, 7) is 5.68. The smallest absolute Gasteiger partial charge is 0.117 e. The zero-order valence-corrected chi connectivity index (χ0v) is 8.20. The van der Waals surface area contributed by atoms with Crippen LogP contribution < -0.4 is 0 Å². The van der Waals surface area contributed by atoms with Crippen molar-refractivity contribution in [1.29, 1.82) is 0 Å². The molecule has 1 aromatic heterocycles. The van der Waals surface area contributed by atoms with E-state index in [4.69, 9.17) is 4.42 Å². The summed E-state index contributed by atoms with van der Waals surface area (Å²) in [5, 5.41) is 0. The van der Waals surface area contributed by atoms with Crippen molar-refractivity contribution in [2.24, 2.45) is 0 Å². The molecule has 0 aliphatic heterocycles. The van der Waals surface area contributed by atoms with E-state index in [2.05, 4.69) is 18.5 Å². The molecule has 0 spiro atoms. The predicted molar refractivity (Wildman–Crippen MR) is 54.5 cm³/mol.